The number of rotatable bonds is 11. The van der Waals surface area contributed by atoms with Crippen LogP contribution in [0.5, 0.6) is 5.75 Å². The first-order valence-electron chi connectivity index (χ1n) is 11.2. The molecule has 0 fully saturated rings. The predicted molar refractivity (Wildman–Crippen MR) is 132 cm³/mol. The quantitative estimate of drug-likeness (QED) is 0.524. The van der Waals surface area contributed by atoms with E-state index in [-0.39, 0.29) is 23.4 Å². The van der Waals surface area contributed by atoms with Gasteiger partial charge >= 0.3 is 0 Å². The zero-order valence-electron chi connectivity index (χ0n) is 20.7. The Labute approximate surface area is 202 Å². The van der Waals surface area contributed by atoms with Gasteiger partial charge in [0.25, 0.3) is 0 Å². The van der Waals surface area contributed by atoms with E-state index in [9.17, 15) is 18.0 Å². The number of carbonyl (C=O) groups is 2. The zero-order chi connectivity index (χ0) is 25.5. The lowest BCUT2D eigenvalue weighted by Crippen LogP contribution is -2.51. The molecule has 8 nitrogen and oxygen atoms in total. The molecule has 0 radical (unpaired) electrons. The zero-order valence-corrected chi connectivity index (χ0v) is 21.6. The molecule has 2 amide bonds. The van der Waals surface area contributed by atoms with Gasteiger partial charge in [0, 0.05) is 19.6 Å². The topological polar surface area (TPSA) is 96.0 Å². The van der Waals surface area contributed by atoms with Gasteiger partial charge in [-0.3, -0.25) is 9.59 Å². The van der Waals surface area contributed by atoms with Crippen LogP contribution in [0, 0.1) is 6.92 Å². The van der Waals surface area contributed by atoms with Crippen molar-refractivity contribution >= 4 is 21.8 Å². The van der Waals surface area contributed by atoms with Gasteiger partial charge in [0.2, 0.25) is 21.8 Å². The Kier molecular flexibility index (Phi) is 9.64. The number of methoxy groups -OCH3 is 1. The molecule has 0 spiro atoms. The molecule has 2 aromatic carbocycles. The van der Waals surface area contributed by atoms with Gasteiger partial charge in [-0.05, 0) is 57.0 Å². The maximum Gasteiger partial charge on any atom is 0.243 e. The van der Waals surface area contributed by atoms with Crippen molar-refractivity contribution in [3.63, 3.8) is 0 Å². The van der Waals surface area contributed by atoms with Crippen LogP contribution in [-0.4, -0.2) is 62.2 Å². The molecule has 34 heavy (non-hydrogen) atoms. The molecule has 0 bridgehead atoms. The molecule has 9 heteroatoms. The van der Waals surface area contributed by atoms with Crippen LogP contribution >= 0.6 is 0 Å². The van der Waals surface area contributed by atoms with Crippen LogP contribution in [0.4, 0.5) is 0 Å². The van der Waals surface area contributed by atoms with Crippen LogP contribution in [-0.2, 0) is 26.2 Å². The maximum atomic E-state index is 13.4. The third-order valence-corrected chi connectivity index (χ3v) is 7.56. The number of hydrogen-bond donors (Lipinski definition) is 1. The molecule has 1 N–H and O–H groups in total. The second kappa shape index (κ2) is 12.0. The Bertz CT molecular complexity index is 1090. The fourth-order valence-electron chi connectivity index (χ4n) is 3.27. The van der Waals surface area contributed by atoms with E-state index in [1.165, 1.54) is 24.1 Å². The molecule has 2 atom stereocenters. The van der Waals surface area contributed by atoms with Gasteiger partial charge in [-0.2, -0.15) is 4.31 Å². The van der Waals surface area contributed by atoms with Crippen molar-refractivity contribution in [2.75, 3.05) is 20.7 Å². The number of nitrogens with one attached hydrogen (secondary N) is 1. The highest BCUT2D eigenvalue weighted by Crippen LogP contribution is 2.18. The van der Waals surface area contributed by atoms with Crippen LogP contribution in [0.15, 0.2) is 53.4 Å². The van der Waals surface area contributed by atoms with Gasteiger partial charge in [0.15, 0.2) is 0 Å². The van der Waals surface area contributed by atoms with Gasteiger partial charge in [-0.1, -0.05) is 36.8 Å². The van der Waals surface area contributed by atoms with Crippen LogP contribution in [0.3, 0.4) is 0 Å². The minimum Gasteiger partial charge on any atom is -0.497 e. The van der Waals surface area contributed by atoms with Gasteiger partial charge in [-0.25, -0.2) is 8.42 Å². The first kappa shape index (κ1) is 27.3. The van der Waals surface area contributed by atoms with Crippen molar-refractivity contribution in [3.05, 3.63) is 59.7 Å². The van der Waals surface area contributed by atoms with Gasteiger partial charge in [-0.15, -0.1) is 0 Å². The highest BCUT2D eigenvalue weighted by molar-refractivity contribution is 7.89. The fraction of sp³-hybridized carbons (Fsp3) is 0.440. The summed E-state index contributed by atoms with van der Waals surface area (Å²) in [4.78, 5) is 27.7. The largest absolute Gasteiger partial charge is 0.497 e. The van der Waals surface area contributed by atoms with E-state index < -0.39 is 28.5 Å². The first-order valence-corrected chi connectivity index (χ1v) is 12.7. The summed E-state index contributed by atoms with van der Waals surface area (Å²) in [6.45, 7) is 7.08. The summed E-state index contributed by atoms with van der Waals surface area (Å²) in [6.07, 6.45) is 0.750. The molecule has 0 saturated heterocycles. The van der Waals surface area contributed by atoms with E-state index in [2.05, 4.69) is 5.32 Å². The summed E-state index contributed by atoms with van der Waals surface area (Å²) in [5.74, 6) is -0.150. The lowest BCUT2D eigenvalue weighted by Gasteiger charge is -2.31. The molecule has 0 aromatic heterocycles. The third-order valence-electron chi connectivity index (χ3n) is 5.74. The van der Waals surface area contributed by atoms with Crippen LogP contribution in [0.25, 0.3) is 0 Å². The lowest BCUT2D eigenvalue weighted by atomic mass is 10.1. The number of nitrogens with zero attached hydrogens (tertiary/aromatic N) is 2. The van der Waals surface area contributed by atoms with E-state index in [0.717, 1.165) is 21.9 Å². The third kappa shape index (κ3) is 7.04. The molecule has 186 valence electrons. The second-order valence-electron chi connectivity index (χ2n) is 8.44. The van der Waals surface area contributed by atoms with Crippen molar-refractivity contribution in [3.8, 4) is 5.75 Å². The Morgan fingerprint density at radius 1 is 1.09 bits per heavy atom. The summed E-state index contributed by atoms with van der Waals surface area (Å²) >= 11 is 0. The summed E-state index contributed by atoms with van der Waals surface area (Å²) in [5.41, 5.74) is 1.70. The van der Waals surface area contributed by atoms with Gasteiger partial charge in [0.05, 0.1) is 18.6 Å². The number of hydrogen-bond acceptors (Lipinski definition) is 5. The van der Waals surface area contributed by atoms with E-state index in [1.54, 1.807) is 44.4 Å². The normalized spacial score (nSPS) is 13.3. The van der Waals surface area contributed by atoms with Crippen LogP contribution in [0.1, 0.15) is 38.3 Å². The van der Waals surface area contributed by atoms with E-state index >= 15 is 0 Å². The molecule has 0 unspecified atom stereocenters. The molecule has 2 aromatic rings. The van der Waals surface area contributed by atoms with Crippen LogP contribution < -0.4 is 10.1 Å². The molecule has 0 aliphatic carbocycles. The molecule has 0 aliphatic heterocycles. The molecule has 2 rings (SSSR count). The van der Waals surface area contributed by atoms with E-state index in [0.29, 0.717) is 5.75 Å². The Morgan fingerprint density at radius 3 is 2.32 bits per heavy atom. The Hall–Kier alpha value is -2.91. The minimum absolute atomic E-state index is 0.0479. The van der Waals surface area contributed by atoms with Crippen molar-refractivity contribution in [2.24, 2.45) is 0 Å². The maximum absolute atomic E-state index is 13.4. The summed E-state index contributed by atoms with van der Waals surface area (Å²) in [6, 6.07) is 12.8. The monoisotopic (exact) mass is 489 g/mol. The number of sulfonamides is 1. The number of ether oxygens (including phenoxy) is 1. The number of aryl methyl sites for hydroxylation is 1. The molecular formula is C25H35N3O5S. The Balaban J connectivity index is 2.29. The SMILES string of the molecule is CC[C@@H](C)NC(=O)[C@H](C)N(Cc1cccc(OC)c1)C(=O)CN(C)S(=O)(=O)c1ccc(C)cc1. The highest BCUT2D eigenvalue weighted by atomic mass is 32.2. The average Bonchev–Trinajstić information content (AvgIpc) is 2.82. The van der Waals surface area contributed by atoms with E-state index in [1.807, 2.05) is 26.8 Å². The summed E-state index contributed by atoms with van der Waals surface area (Å²) in [7, 11) is -0.959. The fourth-order valence-corrected chi connectivity index (χ4v) is 4.39. The number of benzene rings is 2. The predicted octanol–water partition coefficient (Wildman–Crippen LogP) is 2.96. The average molecular weight is 490 g/mol. The van der Waals surface area contributed by atoms with Crippen molar-refractivity contribution < 1.29 is 22.7 Å². The highest BCUT2D eigenvalue weighted by Gasteiger charge is 2.30. The molecule has 0 saturated carbocycles. The standard InChI is InChI=1S/C25H35N3O5S/c1-7-19(3)26-25(30)20(4)28(16-21-9-8-10-22(15-21)33-6)24(29)17-27(5)34(31,32)23-13-11-18(2)12-14-23/h8-15,19-20H,7,16-17H2,1-6H3,(H,26,30)/t19-,20+/m1/s1. The van der Waals surface area contributed by atoms with Crippen molar-refractivity contribution in [2.45, 2.75) is 57.6 Å². The van der Waals surface area contributed by atoms with Crippen LogP contribution in [0.2, 0.25) is 0 Å². The number of amides is 2. The summed E-state index contributed by atoms with van der Waals surface area (Å²) < 4.78 is 32.3. The smallest absolute Gasteiger partial charge is 0.243 e. The minimum atomic E-state index is -3.87. The number of carbonyl (C=O) groups excluding carboxylic acids is 2. The van der Waals surface area contributed by atoms with Crippen molar-refractivity contribution in [1.82, 2.24) is 14.5 Å². The lowest BCUT2D eigenvalue weighted by molar-refractivity contribution is -0.140. The van der Waals surface area contributed by atoms with Gasteiger partial charge in [0.1, 0.15) is 11.8 Å². The van der Waals surface area contributed by atoms with E-state index in [4.69, 9.17) is 4.74 Å². The first-order chi connectivity index (χ1) is 16.0. The number of likely N-dealkylation sites (N-methyl/N-ethyl adjacent to an activating group) is 1. The summed E-state index contributed by atoms with van der Waals surface area (Å²) in [5, 5.41) is 2.90. The van der Waals surface area contributed by atoms with Crippen molar-refractivity contribution in [1.29, 1.82) is 0 Å². The van der Waals surface area contributed by atoms with Gasteiger partial charge < -0.3 is 15.0 Å². The second-order valence-corrected chi connectivity index (χ2v) is 10.5. The Morgan fingerprint density at radius 2 is 1.74 bits per heavy atom. The molecule has 0 heterocycles. The molecule has 0 aliphatic rings. The molecular weight excluding hydrogens is 454 g/mol.